The Labute approximate surface area is 118 Å². The maximum absolute atomic E-state index is 12.7. The summed E-state index contributed by atoms with van der Waals surface area (Å²) in [4.78, 5) is 12.1. The molecule has 1 atom stereocenters. The first kappa shape index (κ1) is 16.7. The van der Waals surface area contributed by atoms with E-state index >= 15 is 0 Å². The number of allylic oxidation sites excluding steroid dienone is 2. The molecule has 1 unspecified atom stereocenters. The molecule has 114 valence electrons. The molecule has 2 N–H and O–H groups in total. The number of halogens is 2. The van der Waals surface area contributed by atoms with Gasteiger partial charge in [-0.2, -0.15) is 0 Å². The molecule has 0 heterocycles. The molecule has 0 aromatic carbocycles. The van der Waals surface area contributed by atoms with Crippen LogP contribution in [-0.4, -0.2) is 19.0 Å². The average molecular weight is 287 g/mol. The molecule has 0 saturated heterocycles. The van der Waals surface area contributed by atoms with Crippen molar-refractivity contribution < 1.29 is 18.3 Å². The van der Waals surface area contributed by atoms with Gasteiger partial charge < -0.3 is 10.5 Å². The number of carbonyl (C=O) groups excluding carboxylic acids is 1. The minimum Gasteiger partial charge on any atom is -0.462 e. The molecule has 0 bridgehead atoms. The van der Waals surface area contributed by atoms with Crippen LogP contribution in [0.1, 0.15) is 46.5 Å². The Kier molecular flexibility index (Phi) is 6.17. The topological polar surface area (TPSA) is 52.3 Å². The molecule has 5 heteroatoms. The Morgan fingerprint density at radius 3 is 2.55 bits per heavy atom. The summed E-state index contributed by atoms with van der Waals surface area (Å²) in [5.74, 6) is -1.11. The fourth-order valence-corrected chi connectivity index (χ4v) is 2.43. The lowest BCUT2D eigenvalue weighted by Gasteiger charge is -2.26. The van der Waals surface area contributed by atoms with Gasteiger partial charge >= 0.3 is 5.97 Å². The summed E-state index contributed by atoms with van der Waals surface area (Å²) < 4.78 is 30.6. The van der Waals surface area contributed by atoms with Crippen LogP contribution in [0, 0.1) is 5.92 Å². The minimum atomic E-state index is -2.36. The van der Waals surface area contributed by atoms with Crippen LogP contribution in [0.2, 0.25) is 0 Å². The summed E-state index contributed by atoms with van der Waals surface area (Å²) >= 11 is 0. The first-order valence-electron chi connectivity index (χ1n) is 7.05. The first-order valence-corrected chi connectivity index (χ1v) is 7.05. The molecule has 0 radical (unpaired) electrons. The van der Waals surface area contributed by atoms with Crippen LogP contribution in [0.25, 0.3) is 0 Å². The van der Waals surface area contributed by atoms with E-state index in [1.54, 1.807) is 6.92 Å². The van der Waals surface area contributed by atoms with Gasteiger partial charge in [-0.3, -0.25) is 0 Å². The Morgan fingerprint density at radius 2 is 2.10 bits per heavy atom. The predicted octanol–water partition coefficient (Wildman–Crippen LogP) is 3.55. The summed E-state index contributed by atoms with van der Waals surface area (Å²) in [6.45, 7) is 5.82. The largest absolute Gasteiger partial charge is 0.462 e. The number of carbonyl (C=O) groups is 1. The third-order valence-electron chi connectivity index (χ3n) is 3.73. The minimum absolute atomic E-state index is 0.146. The highest BCUT2D eigenvalue weighted by Crippen LogP contribution is 2.36. The van der Waals surface area contributed by atoms with Crippen LogP contribution in [0.4, 0.5) is 8.78 Å². The van der Waals surface area contributed by atoms with Crippen molar-refractivity contribution in [3.05, 3.63) is 22.4 Å². The smallest absolute Gasteiger partial charge is 0.338 e. The third kappa shape index (κ3) is 3.81. The van der Waals surface area contributed by atoms with E-state index in [0.717, 1.165) is 5.57 Å². The maximum atomic E-state index is 12.7. The third-order valence-corrected chi connectivity index (χ3v) is 3.73. The highest BCUT2D eigenvalue weighted by Gasteiger charge is 2.30. The van der Waals surface area contributed by atoms with Crippen LogP contribution < -0.4 is 5.73 Å². The SMILES string of the molecule is CCOC(=O)/C(C1=C(N)CC(C(F)F)CC1)=C(/C)CC. The molecule has 1 rings (SSSR count). The number of rotatable bonds is 5. The zero-order valence-electron chi connectivity index (χ0n) is 12.3. The van der Waals surface area contributed by atoms with Crippen molar-refractivity contribution in [1.29, 1.82) is 0 Å². The van der Waals surface area contributed by atoms with E-state index in [4.69, 9.17) is 10.5 Å². The van der Waals surface area contributed by atoms with E-state index in [1.807, 2.05) is 13.8 Å². The monoisotopic (exact) mass is 287 g/mol. The highest BCUT2D eigenvalue weighted by atomic mass is 19.3. The highest BCUT2D eigenvalue weighted by molar-refractivity contribution is 5.94. The fraction of sp³-hybridized carbons (Fsp3) is 0.667. The van der Waals surface area contributed by atoms with E-state index in [-0.39, 0.29) is 13.0 Å². The van der Waals surface area contributed by atoms with Gasteiger partial charge in [0.2, 0.25) is 6.43 Å². The van der Waals surface area contributed by atoms with Crippen molar-refractivity contribution in [1.82, 2.24) is 0 Å². The molecule has 1 aliphatic carbocycles. The predicted molar refractivity (Wildman–Crippen MR) is 74.2 cm³/mol. The van der Waals surface area contributed by atoms with Crippen molar-refractivity contribution in [2.24, 2.45) is 11.7 Å². The molecule has 0 aromatic rings. The molecule has 1 aliphatic rings. The number of ether oxygens (including phenoxy) is 1. The molecule has 0 aromatic heterocycles. The second-order valence-corrected chi connectivity index (χ2v) is 5.07. The van der Waals surface area contributed by atoms with E-state index in [0.29, 0.717) is 36.1 Å². The molecule has 3 nitrogen and oxygen atoms in total. The lowest BCUT2D eigenvalue weighted by Crippen LogP contribution is -2.24. The average Bonchev–Trinajstić information content (AvgIpc) is 2.40. The van der Waals surface area contributed by atoms with E-state index < -0.39 is 18.3 Å². The Bertz CT molecular complexity index is 428. The number of hydrogen-bond acceptors (Lipinski definition) is 3. The van der Waals surface area contributed by atoms with Crippen molar-refractivity contribution in [3.8, 4) is 0 Å². The standard InChI is InChI=1S/C15H23F2NO2/c1-4-9(3)13(15(19)20-5-2)11-7-6-10(14(16)17)8-12(11)18/h10,14H,4-8,18H2,1-3H3/b13-9-. The molecule has 20 heavy (non-hydrogen) atoms. The number of hydrogen-bond donors (Lipinski definition) is 1. The summed E-state index contributed by atoms with van der Waals surface area (Å²) in [6, 6.07) is 0. The Morgan fingerprint density at radius 1 is 1.45 bits per heavy atom. The molecular formula is C15H23F2NO2. The maximum Gasteiger partial charge on any atom is 0.338 e. The zero-order valence-corrected chi connectivity index (χ0v) is 12.3. The second-order valence-electron chi connectivity index (χ2n) is 5.07. The van der Waals surface area contributed by atoms with Crippen molar-refractivity contribution in [3.63, 3.8) is 0 Å². The molecule has 0 aliphatic heterocycles. The van der Waals surface area contributed by atoms with Crippen molar-refractivity contribution in [2.75, 3.05) is 6.61 Å². The lowest BCUT2D eigenvalue weighted by molar-refractivity contribution is -0.138. The molecule has 0 fully saturated rings. The van der Waals surface area contributed by atoms with Crippen LogP contribution in [0.5, 0.6) is 0 Å². The summed E-state index contributed by atoms with van der Waals surface area (Å²) in [5, 5.41) is 0. The van der Waals surface area contributed by atoms with E-state index in [2.05, 4.69) is 0 Å². The van der Waals surface area contributed by atoms with E-state index in [9.17, 15) is 13.6 Å². The molecule has 0 saturated carbocycles. The van der Waals surface area contributed by atoms with Gasteiger partial charge in [0.1, 0.15) is 0 Å². The van der Waals surface area contributed by atoms with Gasteiger partial charge in [-0.15, -0.1) is 0 Å². The van der Waals surface area contributed by atoms with Gasteiger partial charge in [-0.05, 0) is 45.1 Å². The summed E-state index contributed by atoms with van der Waals surface area (Å²) in [5.41, 5.74) is 8.41. The molecule has 0 amide bonds. The van der Waals surface area contributed by atoms with Crippen LogP contribution >= 0.6 is 0 Å². The van der Waals surface area contributed by atoms with Crippen molar-refractivity contribution in [2.45, 2.75) is 52.9 Å². The zero-order chi connectivity index (χ0) is 15.3. The summed E-state index contributed by atoms with van der Waals surface area (Å²) in [6.07, 6.45) is -0.756. The number of nitrogens with two attached hydrogens (primary N) is 1. The quantitative estimate of drug-likeness (QED) is 0.621. The fourth-order valence-electron chi connectivity index (χ4n) is 2.43. The van der Waals surface area contributed by atoms with Gasteiger partial charge in [0.25, 0.3) is 0 Å². The van der Waals surface area contributed by atoms with Crippen LogP contribution in [0.3, 0.4) is 0 Å². The number of alkyl halides is 2. The Hall–Kier alpha value is -1.39. The van der Waals surface area contributed by atoms with Gasteiger partial charge in [0.05, 0.1) is 12.2 Å². The second kappa shape index (κ2) is 7.41. The normalized spacial score (nSPS) is 21.0. The van der Waals surface area contributed by atoms with Gasteiger partial charge in [-0.25, -0.2) is 13.6 Å². The lowest BCUT2D eigenvalue weighted by atomic mass is 9.83. The number of esters is 1. The first-order chi connectivity index (χ1) is 9.42. The molecule has 0 spiro atoms. The molecular weight excluding hydrogens is 264 g/mol. The van der Waals surface area contributed by atoms with Crippen LogP contribution in [0.15, 0.2) is 22.4 Å². The Balaban J connectivity index is 3.10. The van der Waals surface area contributed by atoms with Gasteiger partial charge in [0, 0.05) is 11.6 Å². The van der Waals surface area contributed by atoms with Gasteiger partial charge in [-0.1, -0.05) is 12.5 Å². The van der Waals surface area contributed by atoms with Crippen LogP contribution in [-0.2, 0) is 9.53 Å². The van der Waals surface area contributed by atoms with Gasteiger partial charge in [0.15, 0.2) is 0 Å². The van der Waals surface area contributed by atoms with Crippen molar-refractivity contribution >= 4 is 5.97 Å². The summed E-state index contributed by atoms with van der Waals surface area (Å²) in [7, 11) is 0. The van der Waals surface area contributed by atoms with E-state index in [1.165, 1.54) is 0 Å².